The Kier molecular flexibility index (Phi) is 5.11. The van der Waals surface area contributed by atoms with Crippen LogP contribution in [0.2, 0.25) is 0 Å². The molecule has 0 amide bonds. The molecule has 1 aliphatic rings. The van der Waals surface area contributed by atoms with Crippen molar-refractivity contribution in [2.45, 2.75) is 32.3 Å². The van der Waals surface area contributed by atoms with Gasteiger partial charge in [0, 0.05) is 13.7 Å². The molecule has 1 heterocycles. The van der Waals surface area contributed by atoms with Gasteiger partial charge in [-0.3, -0.25) is 4.31 Å². The van der Waals surface area contributed by atoms with Crippen LogP contribution in [0, 0.1) is 0 Å². The Morgan fingerprint density at radius 3 is 2.71 bits per heavy atom. The van der Waals surface area contributed by atoms with Gasteiger partial charge >= 0.3 is 0 Å². The number of ether oxygens (including phenoxy) is 2. The lowest BCUT2D eigenvalue weighted by molar-refractivity contribution is 0.136. The van der Waals surface area contributed by atoms with Gasteiger partial charge in [-0.2, -0.15) is 0 Å². The van der Waals surface area contributed by atoms with E-state index in [1.807, 2.05) is 18.2 Å². The van der Waals surface area contributed by atoms with Crippen LogP contribution >= 0.6 is 0 Å². The minimum Gasteiger partial charge on any atom is -0.497 e. The third-order valence-corrected chi connectivity index (χ3v) is 5.74. The minimum atomic E-state index is -3.38. The Labute approximate surface area is 126 Å². The number of rotatable bonds is 5. The molecule has 5 nitrogen and oxygen atoms in total. The van der Waals surface area contributed by atoms with Crippen LogP contribution in [0.15, 0.2) is 18.2 Å². The van der Waals surface area contributed by atoms with Crippen molar-refractivity contribution in [1.29, 1.82) is 0 Å². The van der Waals surface area contributed by atoms with Crippen LogP contribution in [0.4, 0.5) is 5.69 Å². The zero-order chi connectivity index (χ0) is 15.5. The normalized spacial score (nSPS) is 17.0. The average Bonchev–Trinajstić information content (AvgIpc) is 2.68. The Hall–Kier alpha value is -1.27. The van der Waals surface area contributed by atoms with Gasteiger partial charge in [-0.15, -0.1) is 0 Å². The van der Waals surface area contributed by atoms with Crippen LogP contribution in [0.25, 0.3) is 0 Å². The van der Waals surface area contributed by atoms with Gasteiger partial charge in [0.1, 0.15) is 5.75 Å². The summed E-state index contributed by atoms with van der Waals surface area (Å²) < 4.78 is 37.2. The van der Waals surface area contributed by atoms with Crippen molar-refractivity contribution in [3.05, 3.63) is 23.8 Å². The molecule has 118 valence electrons. The number of sulfonamides is 1. The highest BCUT2D eigenvalue weighted by Crippen LogP contribution is 2.31. The van der Waals surface area contributed by atoms with Crippen molar-refractivity contribution >= 4 is 15.7 Å². The Morgan fingerprint density at radius 1 is 1.29 bits per heavy atom. The molecule has 21 heavy (non-hydrogen) atoms. The standard InChI is InChI=1S/C15H23NO4S/c1-12(19-2)11-21(17,18)16-9-5-4-6-13-10-14(20-3)7-8-15(13)16/h7-8,10,12H,4-6,9,11H2,1-3H3/t12-/m1/s1. The fourth-order valence-electron chi connectivity index (χ4n) is 2.57. The summed E-state index contributed by atoms with van der Waals surface area (Å²) in [5.74, 6) is 0.757. The summed E-state index contributed by atoms with van der Waals surface area (Å²) >= 11 is 0. The van der Waals surface area contributed by atoms with Gasteiger partial charge in [-0.25, -0.2) is 8.42 Å². The fraction of sp³-hybridized carbons (Fsp3) is 0.600. The molecule has 1 aromatic carbocycles. The molecule has 0 N–H and O–H groups in total. The topological polar surface area (TPSA) is 55.8 Å². The largest absolute Gasteiger partial charge is 0.497 e. The molecule has 6 heteroatoms. The van der Waals surface area contributed by atoms with Gasteiger partial charge in [0.2, 0.25) is 10.0 Å². The highest BCUT2D eigenvalue weighted by molar-refractivity contribution is 7.92. The number of hydrogen-bond acceptors (Lipinski definition) is 4. The molecule has 0 aromatic heterocycles. The molecule has 0 saturated carbocycles. The summed E-state index contributed by atoms with van der Waals surface area (Å²) in [5, 5.41) is 0. The SMILES string of the molecule is COc1ccc2c(c1)CCCCN2S(=O)(=O)C[C@@H](C)OC. The summed E-state index contributed by atoms with van der Waals surface area (Å²) in [7, 11) is -0.236. The first-order chi connectivity index (χ1) is 9.97. The second-order valence-corrected chi connectivity index (χ2v) is 7.29. The molecule has 1 aromatic rings. The van der Waals surface area contributed by atoms with Crippen molar-refractivity contribution in [3.63, 3.8) is 0 Å². The van der Waals surface area contributed by atoms with Gasteiger partial charge in [-0.1, -0.05) is 0 Å². The van der Waals surface area contributed by atoms with E-state index in [9.17, 15) is 8.42 Å². The molecular formula is C15H23NO4S. The molecular weight excluding hydrogens is 290 g/mol. The fourth-order valence-corrected chi connectivity index (χ4v) is 4.36. The monoisotopic (exact) mass is 313 g/mol. The van der Waals surface area contributed by atoms with E-state index in [0.717, 1.165) is 36.3 Å². The molecule has 1 aliphatic heterocycles. The lowest BCUT2D eigenvalue weighted by atomic mass is 10.1. The number of fused-ring (bicyclic) bond motifs is 1. The van der Waals surface area contributed by atoms with Crippen molar-refractivity contribution in [2.75, 3.05) is 30.8 Å². The maximum absolute atomic E-state index is 12.6. The molecule has 1 atom stereocenters. The lowest BCUT2D eigenvalue weighted by Crippen LogP contribution is -2.37. The first-order valence-electron chi connectivity index (χ1n) is 7.18. The van der Waals surface area contributed by atoms with Crippen LogP contribution in [0.3, 0.4) is 0 Å². The Balaban J connectivity index is 2.37. The summed E-state index contributed by atoms with van der Waals surface area (Å²) in [6.07, 6.45) is 2.39. The number of aryl methyl sites for hydroxylation is 1. The van der Waals surface area contributed by atoms with Gasteiger partial charge in [0.25, 0.3) is 0 Å². The molecule has 0 bridgehead atoms. The highest BCUT2D eigenvalue weighted by atomic mass is 32.2. The van der Waals surface area contributed by atoms with Crippen LogP contribution in [0.1, 0.15) is 25.3 Å². The zero-order valence-corrected chi connectivity index (χ0v) is 13.6. The molecule has 0 spiro atoms. The second-order valence-electron chi connectivity index (χ2n) is 5.35. The molecule has 0 saturated heterocycles. The van der Waals surface area contributed by atoms with E-state index in [2.05, 4.69) is 0 Å². The quantitative estimate of drug-likeness (QED) is 0.836. The van der Waals surface area contributed by atoms with E-state index in [1.54, 1.807) is 14.0 Å². The average molecular weight is 313 g/mol. The maximum atomic E-state index is 12.6. The summed E-state index contributed by atoms with van der Waals surface area (Å²) in [4.78, 5) is 0. The van der Waals surface area contributed by atoms with Gasteiger partial charge < -0.3 is 9.47 Å². The van der Waals surface area contributed by atoms with Crippen LogP contribution in [-0.2, 0) is 21.2 Å². The predicted octanol–water partition coefficient (Wildman–Crippen LogP) is 2.20. The first-order valence-corrected chi connectivity index (χ1v) is 8.79. The van der Waals surface area contributed by atoms with E-state index in [1.165, 1.54) is 11.4 Å². The zero-order valence-electron chi connectivity index (χ0n) is 12.8. The Bertz CT molecular complexity index is 585. The van der Waals surface area contributed by atoms with Crippen molar-refractivity contribution < 1.29 is 17.9 Å². The van der Waals surface area contributed by atoms with E-state index in [4.69, 9.17) is 9.47 Å². The van der Waals surface area contributed by atoms with E-state index < -0.39 is 10.0 Å². The number of anilines is 1. The first kappa shape index (κ1) is 16.1. The Morgan fingerprint density at radius 2 is 2.05 bits per heavy atom. The molecule has 0 fully saturated rings. The summed E-state index contributed by atoms with van der Waals surface area (Å²) in [6.45, 7) is 2.29. The predicted molar refractivity (Wildman–Crippen MR) is 83.5 cm³/mol. The number of hydrogen-bond donors (Lipinski definition) is 0. The van der Waals surface area contributed by atoms with E-state index in [-0.39, 0.29) is 11.9 Å². The van der Waals surface area contributed by atoms with E-state index in [0.29, 0.717) is 6.54 Å². The third kappa shape index (κ3) is 3.68. The highest BCUT2D eigenvalue weighted by Gasteiger charge is 2.28. The molecule has 0 radical (unpaired) electrons. The minimum absolute atomic E-state index is 0.00499. The van der Waals surface area contributed by atoms with Crippen LogP contribution < -0.4 is 9.04 Å². The number of benzene rings is 1. The van der Waals surface area contributed by atoms with Gasteiger partial charge in [0.05, 0.1) is 24.7 Å². The lowest BCUT2D eigenvalue weighted by Gasteiger charge is -2.26. The number of methoxy groups -OCH3 is 2. The summed E-state index contributed by atoms with van der Waals surface area (Å²) in [6, 6.07) is 5.59. The summed E-state index contributed by atoms with van der Waals surface area (Å²) in [5.41, 5.74) is 1.80. The number of nitrogens with zero attached hydrogens (tertiary/aromatic N) is 1. The second kappa shape index (κ2) is 6.66. The third-order valence-electron chi connectivity index (χ3n) is 3.80. The maximum Gasteiger partial charge on any atom is 0.237 e. The van der Waals surface area contributed by atoms with Gasteiger partial charge in [0.15, 0.2) is 0 Å². The van der Waals surface area contributed by atoms with E-state index >= 15 is 0 Å². The van der Waals surface area contributed by atoms with Crippen molar-refractivity contribution in [2.24, 2.45) is 0 Å². The smallest absolute Gasteiger partial charge is 0.237 e. The van der Waals surface area contributed by atoms with Crippen molar-refractivity contribution in [3.8, 4) is 5.75 Å². The van der Waals surface area contributed by atoms with Crippen LogP contribution in [0.5, 0.6) is 5.75 Å². The molecule has 0 aliphatic carbocycles. The van der Waals surface area contributed by atoms with Crippen molar-refractivity contribution in [1.82, 2.24) is 0 Å². The van der Waals surface area contributed by atoms with Gasteiger partial charge in [-0.05, 0) is 49.9 Å². The molecule has 0 unspecified atom stereocenters. The molecule has 2 rings (SSSR count). The van der Waals surface area contributed by atoms with Crippen LogP contribution in [-0.4, -0.2) is 41.0 Å².